The Balaban J connectivity index is 1.34. The average Bonchev–Trinajstić information content (AvgIpc) is 3.00. The molecule has 0 unspecified atom stereocenters. The van der Waals surface area contributed by atoms with Gasteiger partial charge in [-0.15, -0.1) is 0 Å². The fraction of sp³-hybridized carbons (Fsp3) is 0.344. The third-order valence-electron chi connectivity index (χ3n) is 7.40. The van der Waals surface area contributed by atoms with Gasteiger partial charge in [0.25, 0.3) is 5.91 Å². The van der Waals surface area contributed by atoms with Gasteiger partial charge in [0.15, 0.2) is 18.1 Å². The number of benzene rings is 3. The van der Waals surface area contributed by atoms with Crippen LogP contribution < -0.4 is 24.8 Å². The molecule has 4 bridgehead atoms. The third kappa shape index (κ3) is 7.56. The molecule has 3 aromatic rings. The molecule has 5 aliphatic heterocycles. The van der Waals surface area contributed by atoms with Gasteiger partial charge in [0.05, 0.1) is 24.8 Å². The zero-order valence-electron chi connectivity index (χ0n) is 23.1. The second-order valence-corrected chi connectivity index (χ2v) is 10.4. The molecule has 2 amide bonds. The predicted octanol–water partition coefficient (Wildman–Crippen LogP) is 3.35. The summed E-state index contributed by atoms with van der Waals surface area (Å²) in [7, 11) is 1.55. The quantitative estimate of drug-likeness (QED) is 0.511. The molecule has 0 aliphatic carbocycles. The van der Waals surface area contributed by atoms with Crippen LogP contribution in [0.3, 0.4) is 0 Å². The average molecular weight is 555 g/mol. The molecule has 5 aliphatic rings. The van der Waals surface area contributed by atoms with Gasteiger partial charge in [0.2, 0.25) is 5.91 Å². The molecule has 41 heavy (non-hydrogen) atoms. The Labute approximate surface area is 240 Å². The largest absolute Gasteiger partial charge is 0.493 e. The maximum atomic E-state index is 13.1. The van der Waals surface area contributed by atoms with E-state index in [2.05, 4.69) is 21.6 Å². The van der Waals surface area contributed by atoms with Crippen molar-refractivity contribution in [3.05, 3.63) is 89.0 Å². The van der Waals surface area contributed by atoms with Crippen LogP contribution in [0.25, 0.3) is 0 Å². The SMILES string of the molecule is COc1cc2ccc1OCC(=O)N[C@@H]1CN(Cc3ccc(C#N)cc3)CC[C@H]1Oc1ccc(cc1)CNC(=O)CC2. The Bertz CT molecular complexity index is 1400. The van der Waals surface area contributed by atoms with Gasteiger partial charge in [-0.25, -0.2) is 0 Å². The van der Waals surface area contributed by atoms with Crippen molar-refractivity contribution < 1.29 is 23.8 Å². The second kappa shape index (κ2) is 13.2. The summed E-state index contributed by atoms with van der Waals surface area (Å²) in [6.45, 7) is 2.35. The minimum absolute atomic E-state index is 0.0358. The first-order valence-electron chi connectivity index (χ1n) is 13.8. The lowest BCUT2D eigenvalue weighted by Gasteiger charge is -2.39. The zero-order valence-corrected chi connectivity index (χ0v) is 23.1. The highest BCUT2D eigenvalue weighted by molar-refractivity contribution is 5.78. The number of piperidine rings is 1. The van der Waals surface area contributed by atoms with Gasteiger partial charge in [-0.05, 0) is 65.9 Å². The normalized spacial score (nSPS) is 20.0. The van der Waals surface area contributed by atoms with Crippen molar-refractivity contribution in [2.45, 2.75) is 44.5 Å². The van der Waals surface area contributed by atoms with Gasteiger partial charge in [0, 0.05) is 32.6 Å². The van der Waals surface area contributed by atoms with Crippen LogP contribution in [0.5, 0.6) is 17.2 Å². The number of nitriles is 1. The number of methoxy groups -OCH3 is 1. The molecule has 9 nitrogen and oxygen atoms in total. The number of nitrogens with zero attached hydrogens (tertiary/aromatic N) is 2. The summed E-state index contributed by atoms with van der Waals surface area (Å²) in [4.78, 5) is 27.8. The summed E-state index contributed by atoms with van der Waals surface area (Å²) in [6.07, 6.45) is 1.38. The van der Waals surface area contributed by atoms with E-state index in [1.54, 1.807) is 13.2 Å². The minimum atomic E-state index is -0.271. The van der Waals surface area contributed by atoms with E-state index in [-0.39, 0.29) is 30.6 Å². The number of nitrogens with one attached hydrogen (secondary N) is 2. The Kier molecular flexibility index (Phi) is 9.02. The molecule has 9 heteroatoms. The number of aryl methyl sites for hydroxylation is 1. The van der Waals surface area contributed by atoms with E-state index in [1.165, 1.54) is 0 Å². The summed E-state index contributed by atoms with van der Waals surface area (Å²) < 4.78 is 17.7. The smallest absolute Gasteiger partial charge is 0.258 e. The summed E-state index contributed by atoms with van der Waals surface area (Å²) in [5.41, 5.74) is 3.65. The van der Waals surface area contributed by atoms with E-state index >= 15 is 0 Å². The molecule has 0 aromatic heterocycles. The van der Waals surface area contributed by atoms with Crippen molar-refractivity contribution in [1.82, 2.24) is 15.5 Å². The lowest BCUT2D eigenvalue weighted by molar-refractivity contribution is -0.125. The number of ether oxygens (including phenoxy) is 3. The molecule has 5 heterocycles. The van der Waals surface area contributed by atoms with E-state index < -0.39 is 0 Å². The summed E-state index contributed by atoms with van der Waals surface area (Å²) in [5, 5.41) is 15.2. The van der Waals surface area contributed by atoms with E-state index in [4.69, 9.17) is 19.5 Å². The molecule has 3 aromatic carbocycles. The standard InChI is InChI=1S/C32H34N4O5/c1-39-30-16-22-8-12-29(30)40-21-32(38)35-27-20-36(19-25-4-2-23(17-33)3-5-25)15-14-28(27)41-26-10-6-24(7-11-26)18-34-31(37)13-9-22/h2-8,10-12,16,27-28H,9,13-15,18-21H2,1H3,(H,34,37)(H,35,38)/t27-,28-/m1/s1. The Morgan fingerprint density at radius 1 is 1.00 bits per heavy atom. The monoisotopic (exact) mass is 554 g/mol. The molecule has 0 saturated carbocycles. The first-order chi connectivity index (χ1) is 20.0. The highest BCUT2D eigenvalue weighted by atomic mass is 16.5. The summed E-state index contributed by atoms with van der Waals surface area (Å²) >= 11 is 0. The Morgan fingerprint density at radius 2 is 1.78 bits per heavy atom. The van der Waals surface area contributed by atoms with Crippen molar-refractivity contribution in [3.63, 3.8) is 0 Å². The van der Waals surface area contributed by atoms with Crippen LogP contribution >= 0.6 is 0 Å². The van der Waals surface area contributed by atoms with Crippen molar-refractivity contribution in [1.29, 1.82) is 5.26 Å². The molecule has 1 fully saturated rings. The van der Waals surface area contributed by atoms with Gasteiger partial charge in [-0.3, -0.25) is 14.5 Å². The molecule has 0 radical (unpaired) electrons. The second-order valence-electron chi connectivity index (χ2n) is 10.4. The number of hydrogen-bond acceptors (Lipinski definition) is 7. The van der Waals surface area contributed by atoms with Crippen LogP contribution in [0, 0.1) is 11.3 Å². The van der Waals surface area contributed by atoms with Crippen molar-refractivity contribution in [2.75, 3.05) is 26.8 Å². The van der Waals surface area contributed by atoms with E-state index in [1.807, 2.05) is 60.7 Å². The molecule has 0 spiro atoms. The van der Waals surface area contributed by atoms with Gasteiger partial charge >= 0.3 is 0 Å². The number of likely N-dealkylation sites (tertiary alicyclic amines) is 1. The highest BCUT2D eigenvalue weighted by Gasteiger charge is 2.32. The molecule has 2 N–H and O–H groups in total. The number of carbonyl (C=O) groups excluding carboxylic acids is 2. The fourth-order valence-corrected chi connectivity index (χ4v) is 5.15. The van der Waals surface area contributed by atoms with Crippen LogP contribution in [0.4, 0.5) is 0 Å². The maximum Gasteiger partial charge on any atom is 0.258 e. The lowest BCUT2D eigenvalue weighted by Crippen LogP contribution is -2.57. The van der Waals surface area contributed by atoms with E-state index in [0.29, 0.717) is 55.3 Å². The number of carbonyl (C=O) groups is 2. The molecule has 1 saturated heterocycles. The van der Waals surface area contributed by atoms with Crippen LogP contribution in [-0.2, 0) is 29.1 Å². The van der Waals surface area contributed by atoms with Crippen LogP contribution in [0.15, 0.2) is 66.7 Å². The van der Waals surface area contributed by atoms with Crippen molar-refractivity contribution in [2.24, 2.45) is 0 Å². The van der Waals surface area contributed by atoms with Gasteiger partial charge in [-0.1, -0.05) is 30.3 Å². The Morgan fingerprint density at radius 3 is 2.54 bits per heavy atom. The zero-order chi connectivity index (χ0) is 28.6. The van der Waals surface area contributed by atoms with Crippen molar-refractivity contribution in [3.8, 4) is 23.3 Å². The molecule has 2 atom stereocenters. The van der Waals surface area contributed by atoms with Gasteiger partial charge in [0.1, 0.15) is 11.9 Å². The Hall–Kier alpha value is -4.55. The van der Waals surface area contributed by atoms with E-state index in [9.17, 15) is 9.59 Å². The molecular weight excluding hydrogens is 520 g/mol. The maximum absolute atomic E-state index is 13.1. The van der Waals surface area contributed by atoms with Crippen LogP contribution in [0.1, 0.15) is 35.1 Å². The van der Waals surface area contributed by atoms with Crippen LogP contribution in [0.2, 0.25) is 0 Å². The first kappa shape index (κ1) is 28.0. The van der Waals surface area contributed by atoms with E-state index in [0.717, 1.165) is 29.7 Å². The van der Waals surface area contributed by atoms with Gasteiger partial charge in [-0.2, -0.15) is 5.26 Å². The fourth-order valence-electron chi connectivity index (χ4n) is 5.15. The lowest BCUT2D eigenvalue weighted by atomic mass is 10.0. The highest BCUT2D eigenvalue weighted by Crippen LogP contribution is 2.29. The molecular formula is C32H34N4O5. The number of amides is 2. The van der Waals surface area contributed by atoms with Crippen molar-refractivity contribution >= 4 is 11.8 Å². The third-order valence-corrected chi connectivity index (χ3v) is 7.40. The predicted molar refractivity (Wildman–Crippen MR) is 152 cm³/mol. The molecule has 8 rings (SSSR count). The molecule has 212 valence electrons. The van der Waals surface area contributed by atoms with Crippen LogP contribution in [-0.4, -0.2) is 55.7 Å². The number of rotatable bonds is 3. The first-order valence-corrected chi connectivity index (χ1v) is 13.8. The topological polar surface area (TPSA) is 113 Å². The number of hydrogen-bond donors (Lipinski definition) is 2. The minimum Gasteiger partial charge on any atom is -0.493 e. The summed E-state index contributed by atoms with van der Waals surface area (Å²) in [6, 6.07) is 22.6. The van der Waals surface area contributed by atoms with Gasteiger partial charge < -0.3 is 24.8 Å². The summed E-state index contributed by atoms with van der Waals surface area (Å²) in [5.74, 6) is 1.39.